The van der Waals surface area contributed by atoms with E-state index in [0.717, 1.165) is 0 Å². The molecule has 0 fully saturated rings. The molecule has 0 spiro atoms. The summed E-state index contributed by atoms with van der Waals surface area (Å²) in [4.78, 5) is 57.4. The Kier molecular flexibility index (Phi) is 12.7. The van der Waals surface area contributed by atoms with Crippen LogP contribution in [0.2, 0.25) is 0 Å². The number of hydrogen-bond donors (Lipinski definition) is 3. The number of carbonyl (C=O) groups excluding carboxylic acids is 4. The number of carbonyl (C=O) groups is 4. The highest BCUT2D eigenvalue weighted by molar-refractivity contribution is 6.39. The number of nitrogens with two attached hydrogens (primary N) is 1. The molecule has 2 amide bonds. The van der Waals surface area contributed by atoms with Crippen LogP contribution in [0, 0.1) is 11.8 Å². The first-order chi connectivity index (χ1) is 21.8. The van der Waals surface area contributed by atoms with E-state index in [1.165, 1.54) is 40.5 Å². The Bertz CT molecular complexity index is 1480. The van der Waals surface area contributed by atoms with E-state index in [9.17, 15) is 24.3 Å². The Morgan fingerprint density at radius 3 is 2.37 bits per heavy atom. The zero-order chi connectivity index (χ0) is 34.1. The Labute approximate surface area is 269 Å². The lowest BCUT2D eigenvalue weighted by Crippen LogP contribution is -2.37. The second-order valence-electron chi connectivity index (χ2n) is 11.5. The number of methoxy groups -OCH3 is 3. The first-order valence-corrected chi connectivity index (χ1v) is 14.9. The lowest BCUT2D eigenvalue weighted by Gasteiger charge is -2.30. The molecule has 1 aromatic rings. The topological polar surface area (TPSA) is 176 Å². The van der Waals surface area contributed by atoms with Crippen LogP contribution in [0.25, 0.3) is 5.57 Å². The van der Waals surface area contributed by atoms with E-state index in [2.05, 4.69) is 10.3 Å². The van der Waals surface area contributed by atoms with Crippen LogP contribution in [0.15, 0.2) is 76.9 Å². The van der Waals surface area contributed by atoms with Gasteiger partial charge in [-0.3, -0.25) is 19.4 Å². The third kappa shape index (κ3) is 8.45. The molecule has 0 unspecified atom stereocenters. The molecule has 3 rings (SSSR count). The quantitative estimate of drug-likeness (QED) is 0.321. The van der Waals surface area contributed by atoms with Gasteiger partial charge in [0.1, 0.15) is 11.8 Å². The summed E-state index contributed by atoms with van der Waals surface area (Å²) in [6, 6.07) is 4.90. The molecule has 0 aromatic carbocycles. The number of ether oxygens (including phenoxy) is 4. The van der Waals surface area contributed by atoms with Gasteiger partial charge < -0.3 is 35.1 Å². The van der Waals surface area contributed by atoms with Crippen LogP contribution >= 0.6 is 0 Å². The predicted molar refractivity (Wildman–Crippen MR) is 170 cm³/mol. The minimum absolute atomic E-state index is 0.0899. The summed E-state index contributed by atoms with van der Waals surface area (Å²) < 4.78 is 22.1. The van der Waals surface area contributed by atoms with E-state index in [-0.39, 0.29) is 46.2 Å². The molecule has 1 aromatic heterocycles. The molecule has 4 N–H and O–H groups in total. The number of nitrogens with one attached hydrogen (secondary N) is 1. The van der Waals surface area contributed by atoms with Crippen molar-refractivity contribution in [3.05, 3.63) is 82.6 Å². The highest BCUT2D eigenvalue weighted by Crippen LogP contribution is 2.34. The second-order valence-corrected chi connectivity index (χ2v) is 11.5. The third-order valence-electron chi connectivity index (χ3n) is 8.03. The molecule has 12 nitrogen and oxygen atoms in total. The maximum absolute atomic E-state index is 14.1. The van der Waals surface area contributed by atoms with Gasteiger partial charge in [0.05, 0.1) is 30.6 Å². The number of primary amides is 1. The van der Waals surface area contributed by atoms with Gasteiger partial charge >= 0.3 is 6.09 Å². The van der Waals surface area contributed by atoms with Crippen LogP contribution < -0.4 is 11.1 Å². The lowest BCUT2D eigenvalue weighted by molar-refractivity contribution is -0.120. The number of rotatable bonds is 5. The summed E-state index contributed by atoms with van der Waals surface area (Å²) in [6.07, 6.45) is 3.82. The van der Waals surface area contributed by atoms with Crippen LogP contribution in [0.4, 0.5) is 4.79 Å². The molecule has 6 atom stereocenters. The van der Waals surface area contributed by atoms with Gasteiger partial charge in [-0.1, -0.05) is 44.2 Å². The van der Waals surface area contributed by atoms with Crippen molar-refractivity contribution < 1.29 is 43.2 Å². The molecule has 46 heavy (non-hydrogen) atoms. The second kappa shape index (κ2) is 16.3. The molecular weight excluding hydrogens is 594 g/mol. The number of aromatic nitrogens is 1. The Morgan fingerprint density at radius 2 is 1.78 bits per heavy atom. The fourth-order valence-corrected chi connectivity index (χ4v) is 5.60. The number of aliphatic hydroxyl groups is 1. The van der Waals surface area contributed by atoms with Crippen molar-refractivity contribution in [2.75, 3.05) is 21.3 Å². The van der Waals surface area contributed by atoms with Crippen molar-refractivity contribution in [2.45, 2.75) is 65.0 Å². The fraction of sp³-hybridized carbons (Fsp3) is 0.441. The molecule has 0 radical (unpaired) electrons. The maximum atomic E-state index is 14.1. The van der Waals surface area contributed by atoms with Crippen LogP contribution in [0.5, 0.6) is 0 Å². The third-order valence-corrected chi connectivity index (χ3v) is 8.03. The number of allylic oxidation sites excluding steroid dienone is 4. The van der Waals surface area contributed by atoms with Gasteiger partial charge in [0.2, 0.25) is 11.6 Å². The smallest absolute Gasteiger partial charge is 0.405 e. The van der Waals surface area contributed by atoms with E-state index in [1.54, 1.807) is 50.3 Å². The van der Waals surface area contributed by atoms with E-state index in [0.29, 0.717) is 12.0 Å². The Balaban J connectivity index is 2.20. The van der Waals surface area contributed by atoms with E-state index < -0.39 is 53.9 Å². The first-order valence-electron chi connectivity index (χ1n) is 14.9. The highest BCUT2D eigenvalue weighted by atomic mass is 16.6. The molecule has 2 bridgehead atoms. The maximum Gasteiger partial charge on any atom is 0.405 e. The Hall–Kier alpha value is -4.39. The molecule has 248 valence electrons. The normalized spacial score (nSPS) is 30.1. The van der Waals surface area contributed by atoms with Gasteiger partial charge in [-0.05, 0) is 50.3 Å². The minimum Gasteiger partial charge on any atom is -0.492 e. The summed E-state index contributed by atoms with van der Waals surface area (Å²) >= 11 is 0. The minimum atomic E-state index is -1.01. The summed E-state index contributed by atoms with van der Waals surface area (Å²) in [7, 11) is 4.21. The Morgan fingerprint density at radius 1 is 1.07 bits per heavy atom. The van der Waals surface area contributed by atoms with Crippen LogP contribution in [-0.2, 0) is 33.3 Å². The number of ketones is 2. The zero-order valence-corrected chi connectivity index (χ0v) is 27.2. The fourth-order valence-electron chi connectivity index (χ4n) is 5.60. The van der Waals surface area contributed by atoms with Crippen LogP contribution in [-0.4, -0.2) is 79.4 Å². The SMILES string of the molecule is COC1=C2C[C@@H](C)C[C@H](OC)[C@H](O)[C@@H](C)/C=C(\C)[C@H](OC(N)=O)[C@@H](OC)/C=C\C=C(/C)C(=O)NC(=C(c3ccccn3)C1=O)C2=O. The van der Waals surface area contributed by atoms with Gasteiger partial charge in [-0.15, -0.1) is 0 Å². The summed E-state index contributed by atoms with van der Waals surface area (Å²) in [5.41, 5.74) is 6.13. The summed E-state index contributed by atoms with van der Waals surface area (Å²) in [6.45, 7) is 6.92. The molecule has 12 heteroatoms. The van der Waals surface area contributed by atoms with Gasteiger partial charge in [0.15, 0.2) is 11.9 Å². The number of nitrogens with zero attached hydrogens (tertiary/aromatic N) is 1. The number of pyridine rings is 1. The predicted octanol–water partition coefficient (Wildman–Crippen LogP) is 3.33. The van der Waals surface area contributed by atoms with Crippen molar-refractivity contribution in [2.24, 2.45) is 17.6 Å². The largest absolute Gasteiger partial charge is 0.492 e. The van der Waals surface area contributed by atoms with Crippen molar-refractivity contribution >= 4 is 29.1 Å². The molecular formula is C34H43N3O9. The van der Waals surface area contributed by atoms with Crippen molar-refractivity contribution in [3.63, 3.8) is 0 Å². The molecule has 1 aliphatic carbocycles. The highest BCUT2D eigenvalue weighted by Gasteiger charge is 2.39. The van der Waals surface area contributed by atoms with E-state index in [4.69, 9.17) is 24.7 Å². The average Bonchev–Trinajstić information content (AvgIpc) is 3.02. The number of amides is 2. The van der Waals surface area contributed by atoms with E-state index in [1.807, 2.05) is 6.92 Å². The van der Waals surface area contributed by atoms with Crippen molar-refractivity contribution in [1.29, 1.82) is 0 Å². The molecule has 0 saturated carbocycles. The first kappa shape index (κ1) is 36.1. The van der Waals surface area contributed by atoms with Gasteiger partial charge in [-0.25, -0.2) is 4.79 Å². The number of hydrogen-bond acceptors (Lipinski definition) is 10. The number of aliphatic hydroxyl groups excluding tert-OH is 1. The molecule has 2 aliphatic rings. The van der Waals surface area contributed by atoms with Crippen molar-refractivity contribution in [3.8, 4) is 0 Å². The lowest BCUT2D eigenvalue weighted by atomic mass is 9.83. The van der Waals surface area contributed by atoms with Crippen molar-refractivity contribution in [1.82, 2.24) is 10.3 Å². The number of Topliss-reactive ketones (excluding diaryl/α,β-unsaturated/α-hetero) is 2. The molecule has 2 heterocycles. The summed E-state index contributed by atoms with van der Waals surface area (Å²) in [5, 5.41) is 14.0. The van der Waals surface area contributed by atoms with Crippen LogP contribution in [0.3, 0.4) is 0 Å². The van der Waals surface area contributed by atoms with Gasteiger partial charge in [0.25, 0.3) is 5.91 Å². The average molecular weight is 638 g/mol. The van der Waals surface area contributed by atoms with Gasteiger partial charge in [0, 0.05) is 37.5 Å². The van der Waals surface area contributed by atoms with Crippen LogP contribution in [0.1, 0.15) is 46.2 Å². The standard InChI is InChI=1S/C34H43N3O9/c1-18-15-22-29(39)27(26(30(40)32(22)45-7)23-12-8-9-14-36-23)37-33(41)19(2)11-10-13-24(43-5)31(46-34(35)42)21(4)17-20(3)28(38)25(16-18)44-6/h8-14,17-18,20,24-25,28,31,38H,15-16H2,1-7H3,(H2,35,42)(H,37,41)/b13-10-,19-11+,21-17+/t18-,20+,24+,25+,28-,31+/m1/s1. The zero-order valence-electron chi connectivity index (χ0n) is 27.2. The molecule has 0 saturated heterocycles. The van der Waals surface area contributed by atoms with Gasteiger partial charge in [-0.2, -0.15) is 0 Å². The molecule has 1 aliphatic heterocycles. The monoisotopic (exact) mass is 637 g/mol. The van der Waals surface area contributed by atoms with E-state index >= 15 is 0 Å². The summed E-state index contributed by atoms with van der Waals surface area (Å²) in [5.74, 6) is -2.68. The number of fused-ring (bicyclic) bond motifs is 2.